The summed E-state index contributed by atoms with van der Waals surface area (Å²) in [4.78, 5) is 25.8. The fourth-order valence-electron chi connectivity index (χ4n) is 3.28. The van der Waals surface area contributed by atoms with Crippen molar-refractivity contribution in [1.82, 2.24) is 0 Å². The van der Waals surface area contributed by atoms with Gasteiger partial charge in [-0.3, -0.25) is 9.59 Å². The summed E-state index contributed by atoms with van der Waals surface area (Å²) in [7, 11) is 0. The molecule has 0 N–H and O–H groups in total. The Morgan fingerprint density at radius 1 is 0.538 bits per heavy atom. The Bertz CT molecular complexity index is 742. The van der Waals surface area contributed by atoms with Gasteiger partial charge < -0.3 is 0 Å². The van der Waals surface area contributed by atoms with Gasteiger partial charge in [0.2, 0.25) is 11.6 Å². The van der Waals surface area contributed by atoms with Crippen LogP contribution in [0.2, 0.25) is 0 Å². The zero-order valence-corrected chi connectivity index (χ0v) is 15.0. The number of ketones is 2. The molecule has 0 saturated heterocycles. The molecule has 0 unspecified atom stereocenters. The summed E-state index contributed by atoms with van der Waals surface area (Å²) < 4.78 is 0. The van der Waals surface area contributed by atoms with Crippen molar-refractivity contribution >= 4 is 23.7 Å². The number of carbonyl (C=O) groups is 2. The number of benzene rings is 2. The van der Waals surface area contributed by atoms with E-state index in [0.29, 0.717) is 24.0 Å². The molecule has 0 spiro atoms. The van der Waals surface area contributed by atoms with Gasteiger partial charge in [0, 0.05) is 11.1 Å². The summed E-state index contributed by atoms with van der Waals surface area (Å²) in [5.41, 5.74) is 3.19. The normalized spacial score (nSPS) is 19.7. The summed E-state index contributed by atoms with van der Waals surface area (Å²) in [6.45, 7) is 0. The van der Waals surface area contributed by atoms with Crippen LogP contribution in [0.25, 0.3) is 12.2 Å². The minimum atomic E-state index is -0.349. The van der Waals surface area contributed by atoms with Crippen molar-refractivity contribution in [2.24, 2.45) is 0 Å². The van der Waals surface area contributed by atoms with Crippen molar-refractivity contribution in [3.8, 4) is 0 Å². The van der Waals surface area contributed by atoms with Gasteiger partial charge >= 0.3 is 0 Å². The minimum Gasteiger partial charge on any atom is -0.285 e. The molecule has 26 heavy (non-hydrogen) atoms. The Hall–Kier alpha value is -2.74. The predicted octanol–water partition coefficient (Wildman–Crippen LogP) is 5.65. The van der Waals surface area contributed by atoms with Gasteiger partial charge in [-0.15, -0.1) is 0 Å². The first-order valence-electron chi connectivity index (χ1n) is 9.34. The molecule has 0 radical (unpaired) electrons. The van der Waals surface area contributed by atoms with Gasteiger partial charge in [0.1, 0.15) is 0 Å². The monoisotopic (exact) mass is 344 g/mol. The van der Waals surface area contributed by atoms with Crippen molar-refractivity contribution in [3.05, 3.63) is 82.9 Å². The maximum Gasteiger partial charge on any atom is 0.229 e. The van der Waals surface area contributed by atoms with E-state index in [2.05, 4.69) is 0 Å². The van der Waals surface area contributed by atoms with E-state index in [0.717, 1.165) is 36.8 Å². The highest BCUT2D eigenvalue weighted by atomic mass is 16.2. The van der Waals surface area contributed by atoms with Crippen LogP contribution in [0, 0.1) is 0 Å². The molecule has 2 aromatic carbocycles. The molecule has 1 saturated carbocycles. The Morgan fingerprint density at radius 2 is 0.923 bits per heavy atom. The van der Waals surface area contributed by atoms with Crippen LogP contribution in [0.5, 0.6) is 0 Å². The summed E-state index contributed by atoms with van der Waals surface area (Å²) in [5, 5.41) is 0. The number of hydrogen-bond acceptors (Lipinski definition) is 2. The van der Waals surface area contributed by atoms with Gasteiger partial charge in [-0.05, 0) is 49.0 Å². The third-order valence-electron chi connectivity index (χ3n) is 4.71. The van der Waals surface area contributed by atoms with Gasteiger partial charge in [0.15, 0.2) is 0 Å². The Balaban J connectivity index is 1.92. The molecule has 0 aromatic heterocycles. The van der Waals surface area contributed by atoms with Crippen molar-refractivity contribution in [2.45, 2.75) is 38.5 Å². The highest BCUT2D eigenvalue weighted by Gasteiger charge is 2.23. The van der Waals surface area contributed by atoms with Gasteiger partial charge in [-0.2, -0.15) is 0 Å². The lowest BCUT2D eigenvalue weighted by atomic mass is 9.90. The number of carbonyl (C=O) groups excluding carboxylic acids is 2. The highest BCUT2D eigenvalue weighted by molar-refractivity contribution is 6.50. The quantitative estimate of drug-likeness (QED) is 0.521. The molecular weight excluding hydrogens is 320 g/mol. The molecular formula is C24H24O2. The van der Waals surface area contributed by atoms with Crippen LogP contribution in [0.15, 0.2) is 71.8 Å². The van der Waals surface area contributed by atoms with E-state index >= 15 is 0 Å². The summed E-state index contributed by atoms with van der Waals surface area (Å²) in [6, 6.07) is 19.5. The summed E-state index contributed by atoms with van der Waals surface area (Å²) in [5.74, 6) is -0.698. The Kier molecular flexibility index (Phi) is 6.32. The fraction of sp³-hybridized carbons (Fsp3) is 0.250. The van der Waals surface area contributed by atoms with Gasteiger partial charge in [-0.1, -0.05) is 73.5 Å². The third kappa shape index (κ3) is 4.89. The molecule has 1 fully saturated rings. The first-order chi connectivity index (χ1) is 12.7. The number of allylic oxidation sites excluding steroid dienone is 2. The molecule has 2 heteroatoms. The van der Waals surface area contributed by atoms with E-state index in [9.17, 15) is 9.59 Å². The largest absolute Gasteiger partial charge is 0.285 e. The molecule has 2 aromatic rings. The van der Waals surface area contributed by atoms with E-state index in [1.54, 1.807) is 0 Å². The lowest BCUT2D eigenvalue weighted by Gasteiger charge is -2.12. The van der Waals surface area contributed by atoms with Crippen LogP contribution >= 0.6 is 0 Å². The van der Waals surface area contributed by atoms with Crippen LogP contribution in [-0.4, -0.2) is 11.6 Å². The molecule has 0 heterocycles. The highest BCUT2D eigenvalue weighted by Crippen LogP contribution is 2.23. The lowest BCUT2D eigenvalue weighted by Crippen LogP contribution is -2.19. The first kappa shape index (κ1) is 18.1. The minimum absolute atomic E-state index is 0.349. The maximum absolute atomic E-state index is 12.9. The summed E-state index contributed by atoms with van der Waals surface area (Å²) in [6.07, 6.45) is 9.17. The molecule has 0 atom stereocenters. The van der Waals surface area contributed by atoms with Crippen LogP contribution in [0.3, 0.4) is 0 Å². The Morgan fingerprint density at radius 3 is 1.31 bits per heavy atom. The van der Waals surface area contributed by atoms with Crippen molar-refractivity contribution in [2.75, 3.05) is 0 Å². The second-order valence-electron chi connectivity index (χ2n) is 6.73. The van der Waals surface area contributed by atoms with Gasteiger partial charge in [-0.25, -0.2) is 0 Å². The van der Waals surface area contributed by atoms with Crippen LogP contribution in [0.1, 0.15) is 49.7 Å². The molecule has 2 nitrogen and oxygen atoms in total. The lowest BCUT2D eigenvalue weighted by molar-refractivity contribution is -0.132. The van der Waals surface area contributed by atoms with E-state index in [1.807, 2.05) is 72.8 Å². The van der Waals surface area contributed by atoms with Crippen LogP contribution in [0.4, 0.5) is 0 Å². The number of rotatable bonds is 2. The van der Waals surface area contributed by atoms with Gasteiger partial charge in [0.25, 0.3) is 0 Å². The molecule has 1 aliphatic carbocycles. The second-order valence-corrected chi connectivity index (χ2v) is 6.73. The molecule has 132 valence electrons. The third-order valence-corrected chi connectivity index (χ3v) is 4.71. The zero-order valence-electron chi connectivity index (χ0n) is 15.0. The fourth-order valence-corrected chi connectivity index (χ4v) is 3.28. The van der Waals surface area contributed by atoms with E-state index in [4.69, 9.17) is 0 Å². The number of hydrogen-bond donors (Lipinski definition) is 0. The van der Waals surface area contributed by atoms with Crippen LogP contribution < -0.4 is 0 Å². The second kappa shape index (κ2) is 9.10. The average Bonchev–Trinajstić information content (AvgIpc) is 2.68. The van der Waals surface area contributed by atoms with Crippen LogP contribution in [-0.2, 0) is 9.59 Å². The first-order valence-corrected chi connectivity index (χ1v) is 9.34. The van der Waals surface area contributed by atoms with E-state index in [1.165, 1.54) is 0 Å². The van der Waals surface area contributed by atoms with Gasteiger partial charge in [0.05, 0.1) is 0 Å². The standard InChI is InChI=1S/C24H24O2/c25-23-21(17-19-11-5-3-6-12-19)15-9-1-2-10-16-22(24(23)26)18-20-13-7-4-8-14-20/h3-8,11-14,17-18H,1-2,9-10,15-16H2/b21-17-,22-18+. The summed E-state index contributed by atoms with van der Waals surface area (Å²) >= 11 is 0. The maximum atomic E-state index is 12.9. The molecule has 0 bridgehead atoms. The van der Waals surface area contributed by atoms with Crippen molar-refractivity contribution < 1.29 is 9.59 Å². The average molecular weight is 344 g/mol. The number of Topliss-reactive ketones (excluding diaryl/α,β-unsaturated/α-hetero) is 2. The SMILES string of the molecule is O=C1C(=O)/C(=C/c2ccccc2)CCCCCC/C1=C/c1ccccc1. The predicted molar refractivity (Wildman–Crippen MR) is 107 cm³/mol. The smallest absolute Gasteiger partial charge is 0.229 e. The molecule has 3 rings (SSSR count). The van der Waals surface area contributed by atoms with E-state index < -0.39 is 0 Å². The molecule has 0 amide bonds. The zero-order chi connectivity index (χ0) is 18.2. The van der Waals surface area contributed by atoms with E-state index in [-0.39, 0.29) is 11.6 Å². The molecule has 0 aliphatic heterocycles. The Labute approximate surface area is 155 Å². The van der Waals surface area contributed by atoms with Crippen molar-refractivity contribution in [1.29, 1.82) is 0 Å². The topological polar surface area (TPSA) is 34.1 Å². The molecule has 1 aliphatic rings. The van der Waals surface area contributed by atoms with Crippen molar-refractivity contribution in [3.63, 3.8) is 0 Å².